The molecular formula is C20H29N3O. The predicted molar refractivity (Wildman–Crippen MR) is 97.3 cm³/mol. The molecule has 3 fully saturated rings. The normalized spacial score (nSPS) is 31.8. The van der Waals surface area contributed by atoms with E-state index in [1.54, 1.807) is 0 Å². The lowest BCUT2D eigenvalue weighted by Gasteiger charge is -2.63. The van der Waals surface area contributed by atoms with Gasteiger partial charge in [0.05, 0.1) is 6.10 Å². The van der Waals surface area contributed by atoms with E-state index < -0.39 is 0 Å². The third kappa shape index (κ3) is 2.52. The summed E-state index contributed by atoms with van der Waals surface area (Å²) in [6, 6.07) is 11.2. The molecule has 0 bridgehead atoms. The van der Waals surface area contributed by atoms with Gasteiger partial charge in [-0.1, -0.05) is 43.7 Å². The zero-order valence-electron chi connectivity index (χ0n) is 14.8. The summed E-state index contributed by atoms with van der Waals surface area (Å²) in [6.07, 6.45) is 5.67. The standard InChI is InChI=1S/C20H29N3O/c1-14(15-7-4-3-5-8-15)13-22-19(21-2)23-17-16-9-12-24-18(16)20(17)10-6-11-20/h3-5,7-8,14,16-18H,6,9-13H2,1-2H3,(H2,21,22,23). The molecule has 1 aromatic rings. The number of ether oxygens (including phenoxy) is 1. The molecule has 1 aliphatic heterocycles. The maximum atomic E-state index is 6.01. The van der Waals surface area contributed by atoms with Gasteiger partial charge in [0.15, 0.2) is 5.96 Å². The molecule has 1 spiro atoms. The molecule has 2 aliphatic carbocycles. The second-order valence-electron chi connectivity index (χ2n) is 7.72. The number of fused-ring (bicyclic) bond motifs is 2. The van der Waals surface area contributed by atoms with E-state index in [0.29, 0.717) is 29.4 Å². The number of guanidine groups is 1. The van der Waals surface area contributed by atoms with Crippen molar-refractivity contribution in [3.8, 4) is 0 Å². The van der Waals surface area contributed by atoms with Gasteiger partial charge < -0.3 is 15.4 Å². The van der Waals surface area contributed by atoms with E-state index in [9.17, 15) is 0 Å². The Hall–Kier alpha value is -1.55. The molecule has 3 aliphatic rings. The van der Waals surface area contributed by atoms with Gasteiger partial charge in [-0.2, -0.15) is 0 Å². The van der Waals surface area contributed by atoms with Gasteiger partial charge in [0.1, 0.15) is 0 Å². The van der Waals surface area contributed by atoms with E-state index in [0.717, 1.165) is 19.1 Å². The fourth-order valence-corrected chi connectivity index (χ4v) is 4.95. The first kappa shape index (κ1) is 15.9. The molecular weight excluding hydrogens is 298 g/mol. The molecule has 24 heavy (non-hydrogen) atoms. The second-order valence-corrected chi connectivity index (χ2v) is 7.72. The van der Waals surface area contributed by atoms with Crippen molar-refractivity contribution >= 4 is 5.96 Å². The molecule has 4 unspecified atom stereocenters. The van der Waals surface area contributed by atoms with E-state index in [-0.39, 0.29) is 0 Å². The van der Waals surface area contributed by atoms with Crippen LogP contribution in [0.1, 0.15) is 44.1 Å². The summed E-state index contributed by atoms with van der Waals surface area (Å²) in [5.41, 5.74) is 1.76. The molecule has 1 aromatic carbocycles. The Morgan fingerprint density at radius 1 is 1.33 bits per heavy atom. The Labute approximate surface area is 145 Å². The summed E-state index contributed by atoms with van der Waals surface area (Å²) >= 11 is 0. The van der Waals surface area contributed by atoms with Crippen molar-refractivity contribution in [3.63, 3.8) is 0 Å². The van der Waals surface area contributed by atoms with Crippen molar-refractivity contribution in [2.24, 2.45) is 16.3 Å². The molecule has 0 amide bonds. The highest BCUT2D eigenvalue weighted by Crippen LogP contribution is 2.62. The molecule has 4 atom stereocenters. The summed E-state index contributed by atoms with van der Waals surface area (Å²) in [4.78, 5) is 4.47. The van der Waals surface area contributed by atoms with Gasteiger partial charge in [-0.15, -0.1) is 0 Å². The summed E-state index contributed by atoms with van der Waals surface area (Å²) < 4.78 is 6.01. The molecule has 4 heteroatoms. The summed E-state index contributed by atoms with van der Waals surface area (Å²) in [5, 5.41) is 7.26. The molecule has 4 rings (SSSR count). The third-order valence-corrected chi connectivity index (χ3v) is 6.50. The molecule has 1 heterocycles. The molecule has 1 saturated heterocycles. The predicted octanol–water partition coefficient (Wildman–Crippen LogP) is 2.91. The maximum absolute atomic E-state index is 6.01. The zero-order valence-corrected chi connectivity index (χ0v) is 14.8. The highest BCUT2D eigenvalue weighted by atomic mass is 16.5. The van der Waals surface area contributed by atoms with E-state index in [1.165, 1.54) is 31.2 Å². The minimum absolute atomic E-state index is 0.393. The monoisotopic (exact) mass is 327 g/mol. The molecule has 2 N–H and O–H groups in total. The van der Waals surface area contributed by atoms with Crippen molar-refractivity contribution < 1.29 is 4.74 Å². The lowest BCUT2D eigenvalue weighted by atomic mass is 9.46. The Balaban J connectivity index is 1.35. The Morgan fingerprint density at radius 3 is 2.79 bits per heavy atom. The van der Waals surface area contributed by atoms with Gasteiger partial charge in [0.2, 0.25) is 0 Å². The number of nitrogens with zero attached hydrogens (tertiary/aromatic N) is 1. The van der Waals surface area contributed by atoms with Crippen molar-refractivity contribution in [1.29, 1.82) is 0 Å². The fourth-order valence-electron chi connectivity index (χ4n) is 4.95. The van der Waals surface area contributed by atoms with Crippen LogP contribution >= 0.6 is 0 Å². The van der Waals surface area contributed by atoms with Gasteiger partial charge in [0.25, 0.3) is 0 Å². The smallest absolute Gasteiger partial charge is 0.191 e. The van der Waals surface area contributed by atoms with Crippen molar-refractivity contribution in [1.82, 2.24) is 10.6 Å². The minimum atomic E-state index is 0.393. The molecule has 2 saturated carbocycles. The average molecular weight is 327 g/mol. The van der Waals surface area contributed by atoms with Crippen LogP contribution in [0.4, 0.5) is 0 Å². The Morgan fingerprint density at radius 2 is 2.12 bits per heavy atom. The first-order valence-corrected chi connectivity index (χ1v) is 9.38. The molecule has 130 valence electrons. The highest BCUT2D eigenvalue weighted by Gasteiger charge is 2.66. The SMILES string of the molecule is CN=C(NCC(C)c1ccccc1)NC1C2CCOC2C12CCC2. The largest absolute Gasteiger partial charge is 0.377 e. The Bertz CT molecular complexity index is 596. The quantitative estimate of drug-likeness (QED) is 0.660. The number of benzene rings is 1. The van der Waals surface area contributed by atoms with Crippen LogP contribution in [0.3, 0.4) is 0 Å². The van der Waals surface area contributed by atoms with Crippen LogP contribution in [0, 0.1) is 11.3 Å². The third-order valence-electron chi connectivity index (χ3n) is 6.50. The number of rotatable bonds is 4. The van der Waals surface area contributed by atoms with Crippen molar-refractivity contribution in [3.05, 3.63) is 35.9 Å². The van der Waals surface area contributed by atoms with Crippen LogP contribution < -0.4 is 10.6 Å². The van der Waals surface area contributed by atoms with Crippen LogP contribution in [-0.2, 0) is 4.74 Å². The lowest BCUT2D eigenvalue weighted by Crippen LogP contribution is -2.72. The number of hydrogen-bond acceptors (Lipinski definition) is 2. The van der Waals surface area contributed by atoms with Crippen LogP contribution in [-0.4, -0.2) is 38.3 Å². The highest BCUT2D eigenvalue weighted by molar-refractivity contribution is 5.80. The van der Waals surface area contributed by atoms with E-state index in [4.69, 9.17) is 4.74 Å². The van der Waals surface area contributed by atoms with Crippen LogP contribution in [0.25, 0.3) is 0 Å². The summed E-state index contributed by atoms with van der Waals surface area (Å²) in [5.74, 6) is 2.08. The average Bonchev–Trinajstić information content (AvgIpc) is 2.99. The summed E-state index contributed by atoms with van der Waals surface area (Å²) in [6.45, 7) is 4.09. The van der Waals surface area contributed by atoms with Gasteiger partial charge in [-0.05, 0) is 30.7 Å². The van der Waals surface area contributed by atoms with Crippen LogP contribution in [0.15, 0.2) is 35.3 Å². The van der Waals surface area contributed by atoms with Gasteiger partial charge in [0, 0.05) is 37.6 Å². The molecule has 0 aromatic heterocycles. The molecule has 0 radical (unpaired) electrons. The van der Waals surface area contributed by atoms with Crippen molar-refractivity contribution in [2.45, 2.75) is 50.7 Å². The van der Waals surface area contributed by atoms with Gasteiger partial charge in [-0.25, -0.2) is 0 Å². The van der Waals surface area contributed by atoms with E-state index in [2.05, 4.69) is 52.9 Å². The number of aliphatic imine (C=N–C) groups is 1. The van der Waals surface area contributed by atoms with Gasteiger partial charge >= 0.3 is 0 Å². The lowest BCUT2D eigenvalue weighted by molar-refractivity contribution is -0.171. The number of hydrogen-bond donors (Lipinski definition) is 2. The topological polar surface area (TPSA) is 45.7 Å². The van der Waals surface area contributed by atoms with E-state index in [1.807, 2.05) is 7.05 Å². The first-order valence-electron chi connectivity index (χ1n) is 9.38. The van der Waals surface area contributed by atoms with E-state index >= 15 is 0 Å². The Kier molecular flexibility index (Phi) is 4.25. The van der Waals surface area contributed by atoms with Crippen LogP contribution in [0.5, 0.6) is 0 Å². The fraction of sp³-hybridized carbons (Fsp3) is 0.650. The number of nitrogens with one attached hydrogen (secondary N) is 2. The molecule has 4 nitrogen and oxygen atoms in total. The van der Waals surface area contributed by atoms with Crippen LogP contribution in [0.2, 0.25) is 0 Å². The first-order chi connectivity index (χ1) is 11.7. The minimum Gasteiger partial charge on any atom is -0.377 e. The van der Waals surface area contributed by atoms with Gasteiger partial charge in [-0.3, -0.25) is 4.99 Å². The van der Waals surface area contributed by atoms with Crippen molar-refractivity contribution in [2.75, 3.05) is 20.2 Å². The maximum Gasteiger partial charge on any atom is 0.191 e. The zero-order chi connectivity index (χ0) is 16.6. The summed E-state index contributed by atoms with van der Waals surface area (Å²) in [7, 11) is 1.87. The second kappa shape index (κ2) is 6.40.